The minimum atomic E-state index is -0.344. The maximum Gasteiger partial charge on any atom is 0.148 e. The molecule has 1 aliphatic rings. The number of hydrogen-bond acceptors (Lipinski definition) is 2. The summed E-state index contributed by atoms with van der Waals surface area (Å²) < 4.78 is 13.4. The van der Waals surface area contributed by atoms with Crippen LogP contribution in [0.1, 0.15) is 40.0 Å². The Balaban J connectivity index is 2.11. The van der Waals surface area contributed by atoms with Gasteiger partial charge in [0.1, 0.15) is 5.82 Å². The van der Waals surface area contributed by atoms with Crippen LogP contribution >= 0.6 is 0 Å². The van der Waals surface area contributed by atoms with Crippen LogP contribution in [0.15, 0.2) is 18.2 Å². The molecular weight excluding hydrogens is 227 g/mol. The first-order valence-corrected chi connectivity index (χ1v) is 6.68. The molecule has 2 atom stereocenters. The molecule has 1 aromatic carbocycles. The molecule has 2 rings (SSSR count). The third-order valence-electron chi connectivity index (χ3n) is 3.80. The molecule has 2 nitrogen and oxygen atoms in total. The van der Waals surface area contributed by atoms with Gasteiger partial charge in [-0.25, -0.2) is 4.39 Å². The lowest BCUT2D eigenvalue weighted by atomic mass is 9.70. The number of benzene rings is 1. The van der Waals surface area contributed by atoms with Gasteiger partial charge in [0.15, 0.2) is 0 Å². The fraction of sp³-hybridized carbons (Fsp3) is 0.600. The molecule has 0 aromatic heterocycles. The van der Waals surface area contributed by atoms with Crippen LogP contribution in [0.4, 0.5) is 15.8 Å². The summed E-state index contributed by atoms with van der Waals surface area (Å²) in [5, 5.41) is 3.41. The zero-order valence-corrected chi connectivity index (χ0v) is 11.5. The molecule has 1 aromatic rings. The van der Waals surface area contributed by atoms with Gasteiger partial charge in [-0.1, -0.05) is 26.8 Å². The zero-order chi connectivity index (χ0) is 13.3. The summed E-state index contributed by atoms with van der Waals surface area (Å²) in [4.78, 5) is 0. The Morgan fingerprint density at radius 1 is 1.33 bits per heavy atom. The summed E-state index contributed by atoms with van der Waals surface area (Å²) in [6.45, 7) is 6.88. The van der Waals surface area contributed by atoms with E-state index in [9.17, 15) is 4.39 Å². The molecule has 2 unspecified atom stereocenters. The molecule has 0 radical (unpaired) electrons. The second-order valence-electron chi connectivity index (χ2n) is 6.46. The SMILES string of the molecule is CC1CC(Nc2cccc(F)c2N)CC(C)(C)C1. The van der Waals surface area contributed by atoms with E-state index in [2.05, 4.69) is 26.1 Å². The lowest BCUT2D eigenvalue weighted by molar-refractivity contribution is 0.178. The monoisotopic (exact) mass is 250 g/mol. The standard InChI is InChI=1S/C15H23FN2/c1-10-7-11(9-15(2,3)8-10)18-13-6-4-5-12(16)14(13)17/h4-6,10-11,18H,7-9,17H2,1-3H3. The Hall–Kier alpha value is -1.25. The predicted octanol–water partition coefficient (Wildman–Crippen LogP) is 4.03. The highest BCUT2D eigenvalue weighted by Gasteiger charge is 2.32. The summed E-state index contributed by atoms with van der Waals surface area (Å²) in [5.41, 5.74) is 7.07. The van der Waals surface area contributed by atoms with Crippen molar-refractivity contribution in [3.63, 3.8) is 0 Å². The first-order valence-electron chi connectivity index (χ1n) is 6.68. The van der Waals surface area contributed by atoms with E-state index in [0.29, 0.717) is 17.4 Å². The minimum Gasteiger partial charge on any atom is -0.395 e. The van der Waals surface area contributed by atoms with E-state index in [0.717, 1.165) is 18.5 Å². The molecule has 1 saturated carbocycles. The molecule has 0 bridgehead atoms. The van der Waals surface area contributed by atoms with Crippen molar-refractivity contribution in [1.29, 1.82) is 0 Å². The van der Waals surface area contributed by atoms with Gasteiger partial charge in [-0.3, -0.25) is 0 Å². The van der Waals surface area contributed by atoms with Crippen molar-refractivity contribution < 1.29 is 4.39 Å². The molecule has 100 valence electrons. The molecule has 3 heteroatoms. The molecule has 0 heterocycles. The first-order chi connectivity index (χ1) is 8.37. The zero-order valence-electron chi connectivity index (χ0n) is 11.5. The van der Waals surface area contributed by atoms with E-state index in [1.54, 1.807) is 6.07 Å². The molecule has 0 aliphatic heterocycles. The van der Waals surface area contributed by atoms with E-state index in [4.69, 9.17) is 5.73 Å². The number of nitrogens with two attached hydrogens (primary N) is 1. The highest BCUT2D eigenvalue weighted by Crippen LogP contribution is 2.40. The molecular formula is C15H23FN2. The van der Waals surface area contributed by atoms with Gasteiger partial charge in [0, 0.05) is 6.04 Å². The van der Waals surface area contributed by atoms with Crippen LogP contribution in [0.5, 0.6) is 0 Å². The van der Waals surface area contributed by atoms with Crippen molar-refractivity contribution in [3.8, 4) is 0 Å². The van der Waals surface area contributed by atoms with Crippen LogP contribution < -0.4 is 11.1 Å². The average Bonchev–Trinajstić information content (AvgIpc) is 2.22. The predicted molar refractivity (Wildman–Crippen MR) is 75.0 cm³/mol. The first kappa shape index (κ1) is 13.2. The second kappa shape index (κ2) is 4.79. The average molecular weight is 250 g/mol. The summed E-state index contributed by atoms with van der Waals surface area (Å²) >= 11 is 0. The molecule has 0 saturated heterocycles. The van der Waals surface area contributed by atoms with Gasteiger partial charge in [-0.2, -0.15) is 0 Å². The fourth-order valence-corrected chi connectivity index (χ4v) is 3.34. The summed E-state index contributed by atoms with van der Waals surface area (Å²) in [5.74, 6) is 0.351. The fourth-order valence-electron chi connectivity index (χ4n) is 3.34. The molecule has 1 aliphatic carbocycles. The third kappa shape index (κ3) is 2.95. The summed E-state index contributed by atoms with van der Waals surface area (Å²) in [6.07, 6.45) is 3.48. The number of anilines is 2. The van der Waals surface area contributed by atoms with Gasteiger partial charge >= 0.3 is 0 Å². The van der Waals surface area contributed by atoms with Gasteiger partial charge < -0.3 is 11.1 Å². The van der Waals surface area contributed by atoms with Crippen LogP contribution in [0.2, 0.25) is 0 Å². The maximum absolute atomic E-state index is 13.4. The normalized spacial score (nSPS) is 26.9. The number of rotatable bonds is 2. The molecule has 1 fully saturated rings. The molecule has 18 heavy (non-hydrogen) atoms. The Kier molecular flexibility index (Phi) is 3.51. The molecule has 3 N–H and O–H groups in total. The van der Waals surface area contributed by atoms with Crippen molar-refractivity contribution in [3.05, 3.63) is 24.0 Å². The van der Waals surface area contributed by atoms with Crippen molar-refractivity contribution >= 4 is 11.4 Å². The minimum absolute atomic E-state index is 0.230. The number of nitrogens with one attached hydrogen (secondary N) is 1. The van der Waals surface area contributed by atoms with E-state index >= 15 is 0 Å². The van der Waals surface area contributed by atoms with E-state index in [1.165, 1.54) is 12.5 Å². The lowest BCUT2D eigenvalue weighted by Gasteiger charge is -2.39. The van der Waals surface area contributed by atoms with Gasteiger partial charge in [-0.15, -0.1) is 0 Å². The Morgan fingerprint density at radius 2 is 2.06 bits per heavy atom. The third-order valence-corrected chi connectivity index (χ3v) is 3.80. The largest absolute Gasteiger partial charge is 0.395 e. The number of hydrogen-bond donors (Lipinski definition) is 2. The van der Waals surface area contributed by atoms with Crippen LogP contribution in [-0.2, 0) is 0 Å². The van der Waals surface area contributed by atoms with Crippen LogP contribution in [0.3, 0.4) is 0 Å². The Bertz CT molecular complexity index is 429. The number of halogens is 1. The van der Waals surface area contributed by atoms with Gasteiger partial charge in [-0.05, 0) is 42.7 Å². The number of para-hydroxylation sites is 1. The highest BCUT2D eigenvalue weighted by molar-refractivity contribution is 5.66. The van der Waals surface area contributed by atoms with E-state index < -0.39 is 0 Å². The van der Waals surface area contributed by atoms with Crippen molar-refractivity contribution in [2.75, 3.05) is 11.1 Å². The van der Waals surface area contributed by atoms with Crippen molar-refractivity contribution in [1.82, 2.24) is 0 Å². The Morgan fingerprint density at radius 3 is 2.72 bits per heavy atom. The van der Waals surface area contributed by atoms with E-state index in [-0.39, 0.29) is 11.5 Å². The number of nitrogen functional groups attached to an aromatic ring is 1. The maximum atomic E-state index is 13.4. The van der Waals surface area contributed by atoms with Crippen LogP contribution in [0.25, 0.3) is 0 Å². The van der Waals surface area contributed by atoms with Crippen LogP contribution in [-0.4, -0.2) is 6.04 Å². The topological polar surface area (TPSA) is 38.0 Å². The lowest BCUT2D eigenvalue weighted by Crippen LogP contribution is -2.35. The molecule has 0 spiro atoms. The van der Waals surface area contributed by atoms with Gasteiger partial charge in [0.05, 0.1) is 11.4 Å². The molecule has 0 amide bonds. The second-order valence-corrected chi connectivity index (χ2v) is 6.46. The van der Waals surface area contributed by atoms with Gasteiger partial charge in [0.2, 0.25) is 0 Å². The quantitative estimate of drug-likeness (QED) is 0.778. The Labute approximate surface area is 109 Å². The summed E-state index contributed by atoms with van der Waals surface area (Å²) in [7, 11) is 0. The summed E-state index contributed by atoms with van der Waals surface area (Å²) in [6, 6.07) is 5.33. The smallest absolute Gasteiger partial charge is 0.148 e. The van der Waals surface area contributed by atoms with Crippen LogP contribution in [0, 0.1) is 17.2 Å². The van der Waals surface area contributed by atoms with Crippen molar-refractivity contribution in [2.24, 2.45) is 11.3 Å². The highest BCUT2D eigenvalue weighted by atomic mass is 19.1. The van der Waals surface area contributed by atoms with Gasteiger partial charge in [0.25, 0.3) is 0 Å². The van der Waals surface area contributed by atoms with Crippen molar-refractivity contribution in [2.45, 2.75) is 46.1 Å². The van der Waals surface area contributed by atoms with E-state index in [1.807, 2.05) is 6.07 Å².